The summed E-state index contributed by atoms with van der Waals surface area (Å²) in [6.45, 7) is 6.08. The van der Waals surface area contributed by atoms with Crippen LogP contribution in [0.4, 0.5) is 5.69 Å². The molecule has 0 radical (unpaired) electrons. The molecule has 6 rings (SSSR count). The van der Waals surface area contributed by atoms with Crippen molar-refractivity contribution in [3.05, 3.63) is 70.4 Å². The molecule has 1 N–H and O–H groups in total. The van der Waals surface area contributed by atoms with E-state index in [0.717, 1.165) is 92.2 Å². The van der Waals surface area contributed by atoms with Gasteiger partial charge in [-0.1, -0.05) is 35.9 Å². The zero-order chi connectivity index (χ0) is 30.0. The van der Waals surface area contributed by atoms with Gasteiger partial charge in [-0.05, 0) is 62.1 Å². The molecule has 0 saturated carbocycles. The van der Waals surface area contributed by atoms with E-state index in [2.05, 4.69) is 25.9 Å². The van der Waals surface area contributed by atoms with Crippen molar-refractivity contribution < 1.29 is 13.2 Å². The Balaban J connectivity index is 1.16. The third kappa shape index (κ3) is 6.93. The Morgan fingerprint density at radius 3 is 2.51 bits per heavy atom. The largest absolute Gasteiger partial charge is 0.381 e. The fraction of sp³-hybridized carbons (Fsp3) is 0.500. The maximum Gasteiger partial charge on any atom is 0.222 e. The van der Waals surface area contributed by atoms with Crippen LogP contribution in [0.15, 0.2) is 48.5 Å². The highest BCUT2D eigenvalue weighted by molar-refractivity contribution is 7.88. The maximum absolute atomic E-state index is 12.5. The second-order valence-corrected chi connectivity index (χ2v) is 14.4. The van der Waals surface area contributed by atoms with Gasteiger partial charge in [-0.2, -0.15) is 9.40 Å². The van der Waals surface area contributed by atoms with Crippen LogP contribution in [0.3, 0.4) is 0 Å². The zero-order valence-corrected chi connectivity index (χ0v) is 26.4. The standard InChI is InChI=1S/C32H41ClN6O3S/c1-43(41,42)37-20-14-30-28(23-37)32(24-10-11-29(33)25(21-24)22-34-26-7-3-2-4-8-26)35-39(30)17-6-15-36-18-12-27(13-19-36)38-16-5-9-31(38)40/h2-4,7-8,10-11,21,27,34H,5-6,9,12-20,22-23H2,1H3. The Bertz CT molecular complexity index is 1550. The van der Waals surface area contributed by atoms with Crippen molar-refractivity contribution in [2.75, 3.05) is 44.3 Å². The first-order valence-corrected chi connectivity index (χ1v) is 17.6. The van der Waals surface area contributed by atoms with Crippen LogP contribution in [-0.2, 0) is 40.9 Å². The molecule has 9 nitrogen and oxygen atoms in total. The molecule has 0 aliphatic carbocycles. The van der Waals surface area contributed by atoms with Crippen molar-refractivity contribution in [2.45, 2.75) is 64.2 Å². The number of piperidine rings is 1. The molecule has 11 heteroatoms. The number of benzene rings is 2. The summed E-state index contributed by atoms with van der Waals surface area (Å²) in [7, 11) is -3.32. The second kappa shape index (κ2) is 13.0. The summed E-state index contributed by atoms with van der Waals surface area (Å²) >= 11 is 6.60. The van der Waals surface area contributed by atoms with Crippen molar-refractivity contribution in [3.63, 3.8) is 0 Å². The van der Waals surface area contributed by atoms with Gasteiger partial charge in [-0.3, -0.25) is 9.48 Å². The fourth-order valence-corrected chi connectivity index (χ4v) is 7.70. The lowest BCUT2D eigenvalue weighted by molar-refractivity contribution is -0.130. The molecule has 3 aliphatic rings. The minimum atomic E-state index is -3.32. The number of rotatable bonds is 10. The molecule has 43 heavy (non-hydrogen) atoms. The Labute approximate surface area is 259 Å². The van der Waals surface area contributed by atoms with E-state index in [1.165, 1.54) is 6.26 Å². The first-order valence-electron chi connectivity index (χ1n) is 15.4. The average molecular weight is 625 g/mol. The van der Waals surface area contributed by atoms with Gasteiger partial charge in [0.15, 0.2) is 0 Å². The van der Waals surface area contributed by atoms with Gasteiger partial charge >= 0.3 is 0 Å². The maximum atomic E-state index is 12.5. The van der Waals surface area contributed by atoms with Crippen LogP contribution in [0.25, 0.3) is 11.3 Å². The van der Waals surface area contributed by atoms with E-state index in [4.69, 9.17) is 16.7 Å². The number of para-hydroxylation sites is 1. The number of amides is 1. The number of aromatic nitrogens is 2. The Kier molecular flexibility index (Phi) is 9.09. The molecule has 2 aromatic carbocycles. The van der Waals surface area contributed by atoms with Gasteiger partial charge in [-0.25, -0.2) is 8.42 Å². The second-order valence-electron chi connectivity index (χ2n) is 12.0. The van der Waals surface area contributed by atoms with Crippen molar-refractivity contribution in [3.8, 4) is 11.3 Å². The SMILES string of the molecule is CS(=O)(=O)N1CCc2c(c(-c3ccc(Cl)c(CNc4ccccc4)c3)nn2CCCN2CCC(N3CCCC3=O)CC2)C1. The number of fused-ring (bicyclic) bond motifs is 1. The fourth-order valence-electron chi connectivity index (χ4n) is 6.73. The van der Waals surface area contributed by atoms with Crippen LogP contribution < -0.4 is 5.32 Å². The van der Waals surface area contributed by atoms with Crippen molar-refractivity contribution in [2.24, 2.45) is 0 Å². The Hall–Kier alpha value is -2.92. The van der Waals surface area contributed by atoms with E-state index in [9.17, 15) is 13.2 Å². The molecule has 1 aromatic heterocycles. The normalized spacial score (nSPS) is 18.7. The molecule has 0 unspecified atom stereocenters. The summed E-state index contributed by atoms with van der Waals surface area (Å²) in [5, 5.41) is 9.20. The smallest absolute Gasteiger partial charge is 0.222 e. The number of hydrogen-bond acceptors (Lipinski definition) is 6. The lowest BCUT2D eigenvalue weighted by Gasteiger charge is -2.36. The number of halogens is 1. The molecule has 4 heterocycles. The topological polar surface area (TPSA) is 90.8 Å². The van der Waals surface area contributed by atoms with E-state index in [0.29, 0.717) is 49.4 Å². The average Bonchev–Trinajstić information content (AvgIpc) is 3.60. The summed E-state index contributed by atoms with van der Waals surface area (Å²) < 4.78 is 28.6. The van der Waals surface area contributed by atoms with E-state index in [1.807, 2.05) is 42.5 Å². The number of likely N-dealkylation sites (tertiary alicyclic amines) is 2. The van der Waals surface area contributed by atoms with Crippen molar-refractivity contribution in [1.82, 2.24) is 23.9 Å². The molecule has 3 aliphatic heterocycles. The molecular formula is C32H41ClN6O3S. The summed E-state index contributed by atoms with van der Waals surface area (Å²) in [5.74, 6) is 0.326. The first-order chi connectivity index (χ1) is 20.8. The number of aryl methyl sites for hydroxylation is 1. The van der Waals surface area contributed by atoms with E-state index < -0.39 is 10.0 Å². The summed E-state index contributed by atoms with van der Waals surface area (Å²) in [5.41, 5.74) is 5.86. The van der Waals surface area contributed by atoms with Crippen molar-refractivity contribution in [1.29, 1.82) is 0 Å². The summed E-state index contributed by atoms with van der Waals surface area (Å²) in [6, 6.07) is 16.4. The highest BCUT2D eigenvalue weighted by Crippen LogP contribution is 2.33. The minimum Gasteiger partial charge on any atom is -0.381 e. The van der Waals surface area contributed by atoms with Crippen LogP contribution in [0, 0.1) is 0 Å². The number of carbonyl (C=O) groups is 1. The molecule has 0 spiro atoms. The van der Waals surface area contributed by atoms with Crippen LogP contribution >= 0.6 is 11.6 Å². The van der Waals surface area contributed by atoms with Gasteiger partial charge in [0.05, 0.1) is 11.9 Å². The van der Waals surface area contributed by atoms with E-state index in [1.54, 1.807) is 4.31 Å². The number of nitrogens with one attached hydrogen (secondary N) is 1. The molecule has 230 valence electrons. The quantitative estimate of drug-likeness (QED) is 0.354. The molecule has 3 aromatic rings. The first kappa shape index (κ1) is 30.1. The lowest BCUT2D eigenvalue weighted by atomic mass is 10.0. The molecule has 0 bridgehead atoms. The zero-order valence-electron chi connectivity index (χ0n) is 24.8. The Morgan fingerprint density at radius 2 is 1.79 bits per heavy atom. The number of anilines is 1. The van der Waals surface area contributed by atoms with Crippen molar-refractivity contribution >= 4 is 33.2 Å². The van der Waals surface area contributed by atoms with Gasteiger partial charge < -0.3 is 15.1 Å². The monoisotopic (exact) mass is 624 g/mol. The van der Waals surface area contributed by atoms with E-state index >= 15 is 0 Å². The van der Waals surface area contributed by atoms with Gasteiger partial charge in [0, 0.05) is 92.2 Å². The number of hydrogen-bond donors (Lipinski definition) is 1. The lowest BCUT2D eigenvalue weighted by Crippen LogP contribution is -2.45. The molecule has 2 fully saturated rings. The minimum absolute atomic E-state index is 0.326. The molecular weight excluding hydrogens is 584 g/mol. The van der Waals surface area contributed by atoms with Crippen LogP contribution in [0.1, 0.15) is 48.9 Å². The van der Waals surface area contributed by atoms with Gasteiger partial charge in [-0.15, -0.1) is 0 Å². The predicted octanol–water partition coefficient (Wildman–Crippen LogP) is 4.61. The van der Waals surface area contributed by atoms with Gasteiger partial charge in [0.1, 0.15) is 0 Å². The Morgan fingerprint density at radius 1 is 1.00 bits per heavy atom. The third-order valence-corrected chi connectivity index (χ3v) is 10.7. The summed E-state index contributed by atoms with van der Waals surface area (Å²) in [4.78, 5) is 16.8. The van der Waals surface area contributed by atoms with Crippen LogP contribution in [-0.4, -0.2) is 83.2 Å². The third-order valence-electron chi connectivity index (χ3n) is 9.10. The molecule has 2 saturated heterocycles. The number of nitrogens with zero attached hydrogens (tertiary/aromatic N) is 5. The number of carbonyl (C=O) groups excluding carboxylic acids is 1. The van der Waals surface area contributed by atoms with Gasteiger partial charge in [0.2, 0.25) is 15.9 Å². The molecule has 0 atom stereocenters. The highest BCUT2D eigenvalue weighted by atomic mass is 35.5. The predicted molar refractivity (Wildman–Crippen MR) is 170 cm³/mol. The van der Waals surface area contributed by atoms with Crippen LogP contribution in [0.5, 0.6) is 0 Å². The summed E-state index contributed by atoms with van der Waals surface area (Å²) in [6.07, 6.45) is 6.68. The van der Waals surface area contributed by atoms with E-state index in [-0.39, 0.29) is 0 Å². The molecule has 1 amide bonds. The van der Waals surface area contributed by atoms with Gasteiger partial charge in [0.25, 0.3) is 0 Å². The number of sulfonamides is 1. The highest BCUT2D eigenvalue weighted by Gasteiger charge is 2.32. The van der Waals surface area contributed by atoms with Crippen LogP contribution in [0.2, 0.25) is 5.02 Å².